The van der Waals surface area contributed by atoms with Gasteiger partial charge in [0.15, 0.2) is 6.10 Å². The van der Waals surface area contributed by atoms with Gasteiger partial charge in [-0.15, -0.1) is 0 Å². The summed E-state index contributed by atoms with van der Waals surface area (Å²) in [6.45, 7) is 1.73. The Morgan fingerprint density at radius 2 is 1.72 bits per heavy atom. The molecule has 0 aliphatic heterocycles. The first-order chi connectivity index (χ1) is 11.9. The number of aliphatic carboxylic acids is 1. The summed E-state index contributed by atoms with van der Waals surface area (Å²) in [6.07, 6.45) is -1.00. The standard InChI is InChI=1S/C18H20O6S/c1-14-7-9-16(10-8-14)25(21,22)24-17(18(19)20)13-23-12-11-15-5-3-2-4-6-15/h2-10,17H,11-13H2,1H3,(H,19,20). The van der Waals surface area contributed by atoms with Crippen LogP contribution in [0.5, 0.6) is 0 Å². The number of ether oxygens (including phenoxy) is 1. The zero-order valence-corrected chi connectivity index (χ0v) is 14.6. The molecule has 0 radical (unpaired) electrons. The van der Waals surface area contributed by atoms with Crippen molar-refractivity contribution in [3.05, 3.63) is 65.7 Å². The van der Waals surface area contributed by atoms with Crippen LogP contribution in [0.2, 0.25) is 0 Å². The molecular weight excluding hydrogens is 344 g/mol. The van der Waals surface area contributed by atoms with Crippen LogP contribution in [0.3, 0.4) is 0 Å². The Morgan fingerprint density at radius 3 is 2.32 bits per heavy atom. The molecule has 0 aliphatic rings. The molecule has 0 fully saturated rings. The van der Waals surface area contributed by atoms with Crippen molar-refractivity contribution < 1.29 is 27.2 Å². The van der Waals surface area contributed by atoms with E-state index in [1.807, 2.05) is 37.3 Å². The van der Waals surface area contributed by atoms with Crippen molar-refractivity contribution in [3.63, 3.8) is 0 Å². The summed E-state index contributed by atoms with van der Waals surface area (Å²) in [6, 6.07) is 15.5. The van der Waals surface area contributed by atoms with Gasteiger partial charge in [-0.25, -0.2) is 8.98 Å². The first-order valence-electron chi connectivity index (χ1n) is 7.73. The molecule has 0 saturated carbocycles. The lowest BCUT2D eigenvalue weighted by molar-refractivity contribution is -0.147. The molecule has 0 spiro atoms. The van der Waals surface area contributed by atoms with Crippen LogP contribution in [0.25, 0.3) is 0 Å². The first kappa shape index (κ1) is 19.1. The van der Waals surface area contributed by atoms with E-state index in [0.29, 0.717) is 6.42 Å². The summed E-state index contributed by atoms with van der Waals surface area (Å²) >= 11 is 0. The average Bonchev–Trinajstić information content (AvgIpc) is 2.58. The largest absolute Gasteiger partial charge is 0.479 e. The second kappa shape index (κ2) is 8.75. The van der Waals surface area contributed by atoms with Gasteiger partial charge in [0.1, 0.15) is 0 Å². The molecule has 0 aromatic heterocycles. The number of aryl methyl sites for hydroxylation is 1. The van der Waals surface area contributed by atoms with E-state index in [4.69, 9.17) is 8.92 Å². The average molecular weight is 364 g/mol. The molecule has 0 aliphatic carbocycles. The van der Waals surface area contributed by atoms with Crippen molar-refractivity contribution in [2.24, 2.45) is 0 Å². The fourth-order valence-corrected chi connectivity index (χ4v) is 3.10. The van der Waals surface area contributed by atoms with Crippen LogP contribution in [0, 0.1) is 6.92 Å². The van der Waals surface area contributed by atoms with E-state index >= 15 is 0 Å². The number of benzene rings is 2. The number of carboxylic acids is 1. The number of hydrogen-bond donors (Lipinski definition) is 1. The topological polar surface area (TPSA) is 89.9 Å². The van der Waals surface area contributed by atoms with Gasteiger partial charge in [-0.05, 0) is 31.0 Å². The molecule has 0 saturated heterocycles. The fourth-order valence-electron chi connectivity index (χ4n) is 2.08. The molecule has 2 aromatic rings. The van der Waals surface area contributed by atoms with Gasteiger partial charge >= 0.3 is 5.97 Å². The van der Waals surface area contributed by atoms with Crippen molar-refractivity contribution in [1.82, 2.24) is 0 Å². The van der Waals surface area contributed by atoms with Gasteiger partial charge in [0.05, 0.1) is 18.1 Å². The Morgan fingerprint density at radius 1 is 1.08 bits per heavy atom. The Bertz CT molecular complexity index is 784. The zero-order valence-electron chi connectivity index (χ0n) is 13.8. The monoisotopic (exact) mass is 364 g/mol. The third kappa shape index (κ3) is 5.97. The lowest BCUT2D eigenvalue weighted by Crippen LogP contribution is -2.32. The Labute approximate surface area is 147 Å². The lowest BCUT2D eigenvalue weighted by Gasteiger charge is -2.14. The molecule has 7 heteroatoms. The van der Waals surface area contributed by atoms with Gasteiger partial charge < -0.3 is 9.84 Å². The van der Waals surface area contributed by atoms with Crippen molar-refractivity contribution in [3.8, 4) is 0 Å². The quantitative estimate of drug-likeness (QED) is 0.543. The number of carboxylic acid groups (broad SMARTS) is 1. The van der Waals surface area contributed by atoms with Gasteiger partial charge in [0.2, 0.25) is 0 Å². The van der Waals surface area contributed by atoms with E-state index in [-0.39, 0.29) is 18.1 Å². The van der Waals surface area contributed by atoms with Crippen LogP contribution in [0.15, 0.2) is 59.5 Å². The van der Waals surface area contributed by atoms with Gasteiger partial charge in [-0.1, -0.05) is 48.0 Å². The molecule has 1 unspecified atom stereocenters. The number of hydrogen-bond acceptors (Lipinski definition) is 5. The SMILES string of the molecule is Cc1ccc(S(=O)(=O)OC(COCCc2ccccc2)C(=O)O)cc1. The summed E-state index contributed by atoms with van der Waals surface area (Å²) in [5.41, 5.74) is 1.93. The molecular formula is C18H20O6S. The molecule has 25 heavy (non-hydrogen) atoms. The van der Waals surface area contributed by atoms with Crippen molar-refractivity contribution in [1.29, 1.82) is 0 Å². The number of carbonyl (C=O) groups is 1. The predicted molar refractivity (Wildman–Crippen MR) is 91.8 cm³/mol. The van der Waals surface area contributed by atoms with E-state index in [2.05, 4.69) is 0 Å². The highest BCUT2D eigenvalue weighted by atomic mass is 32.2. The van der Waals surface area contributed by atoms with Crippen molar-refractivity contribution >= 4 is 16.1 Å². The van der Waals surface area contributed by atoms with E-state index in [9.17, 15) is 18.3 Å². The molecule has 0 amide bonds. The van der Waals surface area contributed by atoms with Gasteiger partial charge in [-0.3, -0.25) is 0 Å². The first-order valence-corrected chi connectivity index (χ1v) is 9.14. The highest BCUT2D eigenvalue weighted by Gasteiger charge is 2.27. The Balaban J connectivity index is 1.91. The summed E-state index contributed by atoms with van der Waals surface area (Å²) in [4.78, 5) is 11.2. The fraction of sp³-hybridized carbons (Fsp3) is 0.278. The Kier molecular flexibility index (Phi) is 6.69. The molecule has 1 atom stereocenters. The van der Waals surface area contributed by atoms with E-state index in [1.54, 1.807) is 12.1 Å². The minimum absolute atomic E-state index is 0.0892. The smallest absolute Gasteiger partial charge is 0.336 e. The molecule has 2 rings (SSSR count). The summed E-state index contributed by atoms with van der Waals surface area (Å²) in [7, 11) is -4.17. The zero-order chi connectivity index (χ0) is 18.3. The molecule has 1 N–H and O–H groups in total. The van der Waals surface area contributed by atoms with Crippen LogP contribution >= 0.6 is 0 Å². The van der Waals surface area contributed by atoms with Crippen LogP contribution in [-0.2, 0) is 30.3 Å². The molecule has 2 aromatic carbocycles. The highest BCUT2D eigenvalue weighted by molar-refractivity contribution is 7.86. The minimum atomic E-state index is -4.17. The summed E-state index contributed by atoms with van der Waals surface area (Å²) < 4.78 is 34.5. The maximum absolute atomic E-state index is 12.2. The molecule has 0 bridgehead atoms. The third-order valence-corrected chi connectivity index (χ3v) is 4.81. The highest BCUT2D eigenvalue weighted by Crippen LogP contribution is 2.15. The second-order valence-corrected chi connectivity index (χ2v) is 7.07. The number of rotatable bonds is 9. The summed E-state index contributed by atoms with van der Waals surface area (Å²) in [5.74, 6) is -1.39. The maximum Gasteiger partial charge on any atom is 0.336 e. The molecule has 134 valence electrons. The van der Waals surface area contributed by atoms with Crippen LogP contribution < -0.4 is 0 Å². The van der Waals surface area contributed by atoms with Gasteiger partial charge in [-0.2, -0.15) is 8.42 Å². The Hall–Kier alpha value is -2.22. The van der Waals surface area contributed by atoms with Gasteiger partial charge in [0.25, 0.3) is 10.1 Å². The van der Waals surface area contributed by atoms with Crippen molar-refractivity contribution in [2.45, 2.75) is 24.3 Å². The van der Waals surface area contributed by atoms with E-state index in [0.717, 1.165) is 11.1 Å². The van der Waals surface area contributed by atoms with Crippen LogP contribution in [0.1, 0.15) is 11.1 Å². The summed E-state index contributed by atoms with van der Waals surface area (Å²) in [5, 5.41) is 9.17. The predicted octanol–water partition coefficient (Wildman–Crippen LogP) is 2.41. The lowest BCUT2D eigenvalue weighted by atomic mass is 10.2. The normalized spacial score (nSPS) is 12.7. The van der Waals surface area contributed by atoms with Gasteiger partial charge in [0, 0.05) is 0 Å². The molecule has 0 heterocycles. The second-order valence-electron chi connectivity index (χ2n) is 5.50. The minimum Gasteiger partial charge on any atom is -0.479 e. The van der Waals surface area contributed by atoms with Crippen molar-refractivity contribution in [2.75, 3.05) is 13.2 Å². The van der Waals surface area contributed by atoms with E-state index in [1.165, 1.54) is 12.1 Å². The van der Waals surface area contributed by atoms with Crippen LogP contribution in [-0.4, -0.2) is 38.8 Å². The maximum atomic E-state index is 12.2. The van der Waals surface area contributed by atoms with E-state index < -0.39 is 22.2 Å². The van der Waals surface area contributed by atoms with Crippen LogP contribution in [0.4, 0.5) is 0 Å². The molecule has 6 nitrogen and oxygen atoms in total. The third-order valence-electron chi connectivity index (χ3n) is 3.48.